The van der Waals surface area contributed by atoms with E-state index in [-0.39, 0.29) is 11.5 Å². The molecule has 0 fully saturated rings. The van der Waals surface area contributed by atoms with Gasteiger partial charge in [0.25, 0.3) is 0 Å². The first-order valence-corrected chi connectivity index (χ1v) is 10.2. The fourth-order valence-electron chi connectivity index (χ4n) is 2.83. The van der Waals surface area contributed by atoms with Gasteiger partial charge in [-0.15, -0.1) is 0 Å². The van der Waals surface area contributed by atoms with Gasteiger partial charge in [-0.2, -0.15) is 0 Å². The first-order valence-electron chi connectivity index (χ1n) is 8.73. The highest BCUT2D eigenvalue weighted by atomic mass is 35.5. The number of ketones is 1. The van der Waals surface area contributed by atoms with Crippen LogP contribution in [0.25, 0.3) is 28.7 Å². The van der Waals surface area contributed by atoms with Crippen LogP contribution in [0.5, 0.6) is 0 Å². The lowest BCUT2D eigenvalue weighted by Crippen LogP contribution is -1.90. The molecule has 2 heterocycles. The van der Waals surface area contributed by atoms with Gasteiger partial charge in [0, 0.05) is 26.2 Å². The van der Waals surface area contributed by atoms with Gasteiger partial charge in [-0.05, 0) is 72.8 Å². The predicted octanol–water partition coefficient (Wildman–Crippen LogP) is 8.72. The van der Waals surface area contributed by atoms with Gasteiger partial charge in [-0.3, -0.25) is 4.79 Å². The minimum atomic E-state index is -0.317. The van der Waals surface area contributed by atoms with Crippen molar-refractivity contribution >= 4 is 58.3 Å². The van der Waals surface area contributed by atoms with E-state index in [9.17, 15) is 4.79 Å². The van der Waals surface area contributed by atoms with Crippen molar-refractivity contribution in [2.75, 3.05) is 0 Å². The molecule has 7 heteroatoms. The Labute approximate surface area is 192 Å². The lowest BCUT2D eigenvalue weighted by molar-refractivity contribution is 0.102. The maximum Gasteiger partial charge on any atom is 0.221 e. The van der Waals surface area contributed by atoms with Crippen LogP contribution in [0, 0.1) is 0 Å². The second-order valence-electron chi connectivity index (χ2n) is 6.35. The Morgan fingerprint density at radius 3 is 2.23 bits per heavy atom. The molecule has 0 saturated heterocycles. The van der Waals surface area contributed by atoms with E-state index >= 15 is 0 Å². The van der Waals surface area contributed by atoms with E-state index in [1.54, 1.807) is 66.7 Å². The number of carbonyl (C=O) groups excluding carboxylic acids is 1. The van der Waals surface area contributed by atoms with Crippen molar-refractivity contribution < 1.29 is 13.6 Å². The number of furan rings is 2. The van der Waals surface area contributed by atoms with Crippen LogP contribution in [0.2, 0.25) is 20.1 Å². The van der Waals surface area contributed by atoms with Gasteiger partial charge < -0.3 is 8.83 Å². The molecule has 4 rings (SSSR count). The zero-order chi connectivity index (χ0) is 21.3. The summed E-state index contributed by atoms with van der Waals surface area (Å²) >= 11 is 24.3. The third-order valence-corrected chi connectivity index (χ3v) is 5.22. The Morgan fingerprint density at radius 1 is 0.733 bits per heavy atom. The number of halogens is 4. The molecule has 0 unspecified atom stereocenters. The second-order valence-corrected chi connectivity index (χ2v) is 8.06. The molecule has 0 atom stereocenters. The van der Waals surface area contributed by atoms with Crippen molar-refractivity contribution in [1.29, 1.82) is 0 Å². The minimum absolute atomic E-state index is 0.172. The summed E-state index contributed by atoms with van der Waals surface area (Å²) in [5, 5.41) is 2.02. The van der Waals surface area contributed by atoms with Crippen LogP contribution in [-0.2, 0) is 0 Å². The number of rotatable bonds is 5. The number of benzene rings is 2. The molecule has 0 aliphatic heterocycles. The van der Waals surface area contributed by atoms with Crippen LogP contribution in [0.1, 0.15) is 16.3 Å². The average Bonchev–Trinajstić information content (AvgIpc) is 3.37. The summed E-state index contributed by atoms with van der Waals surface area (Å²) in [6.45, 7) is 0. The van der Waals surface area contributed by atoms with Crippen molar-refractivity contribution in [3.05, 3.63) is 98.4 Å². The normalized spacial score (nSPS) is 11.3. The monoisotopic (exact) mass is 476 g/mol. The highest BCUT2D eigenvalue weighted by Gasteiger charge is 2.13. The van der Waals surface area contributed by atoms with E-state index in [1.165, 1.54) is 6.08 Å². The van der Waals surface area contributed by atoms with Crippen LogP contribution in [0.15, 0.2) is 75.6 Å². The van der Waals surface area contributed by atoms with Crippen LogP contribution >= 0.6 is 46.4 Å². The largest absolute Gasteiger partial charge is 0.457 e. The van der Waals surface area contributed by atoms with Crippen molar-refractivity contribution in [3.8, 4) is 22.6 Å². The van der Waals surface area contributed by atoms with Crippen LogP contribution in [-0.4, -0.2) is 5.78 Å². The quantitative estimate of drug-likeness (QED) is 0.213. The van der Waals surface area contributed by atoms with Gasteiger partial charge >= 0.3 is 0 Å². The number of hydrogen-bond acceptors (Lipinski definition) is 3. The lowest BCUT2D eigenvalue weighted by atomic mass is 10.2. The first-order chi connectivity index (χ1) is 14.4. The first kappa shape index (κ1) is 20.8. The molecule has 0 spiro atoms. The Hall–Kier alpha value is -2.43. The predicted molar refractivity (Wildman–Crippen MR) is 122 cm³/mol. The van der Waals surface area contributed by atoms with E-state index in [2.05, 4.69) is 0 Å². The van der Waals surface area contributed by atoms with E-state index in [0.717, 1.165) is 5.56 Å². The molecule has 2 aromatic carbocycles. The van der Waals surface area contributed by atoms with Crippen molar-refractivity contribution in [1.82, 2.24) is 0 Å². The van der Waals surface area contributed by atoms with Crippen LogP contribution < -0.4 is 0 Å². The zero-order valence-corrected chi connectivity index (χ0v) is 18.2. The van der Waals surface area contributed by atoms with Gasteiger partial charge in [0.1, 0.15) is 17.3 Å². The summed E-state index contributed by atoms with van der Waals surface area (Å²) < 4.78 is 11.4. The van der Waals surface area contributed by atoms with Gasteiger partial charge in [0.05, 0.1) is 5.02 Å². The minimum Gasteiger partial charge on any atom is -0.457 e. The second kappa shape index (κ2) is 8.75. The number of hydrogen-bond donors (Lipinski definition) is 0. The molecule has 2 aromatic heterocycles. The smallest absolute Gasteiger partial charge is 0.221 e. The summed E-state index contributed by atoms with van der Waals surface area (Å²) in [5.41, 5.74) is 1.36. The fourth-order valence-corrected chi connectivity index (χ4v) is 3.74. The van der Waals surface area contributed by atoms with Gasteiger partial charge in [-0.1, -0.05) is 46.4 Å². The average molecular weight is 478 g/mol. The molecule has 0 saturated carbocycles. The molecule has 4 aromatic rings. The summed E-state index contributed by atoms with van der Waals surface area (Å²) in [5.74, 6) is 1.40. The lowest BCUT2D eigenvalue weighted by Gasteiger charge is -2.01. The maximum atomic E-state index is 12.5. The van der Waals surface area contributed by atoms with Crippen molar-refractivity contribution in [2.45, 2.75) is 0 Å². The zero-order valence-electron chi connectivity index (χ0n) is 15.2. The molecular weight excluding hydrogens is 466 g/mol. The summed E-state index contributed by atoms with van der Waals surface area (Å²) in [6, 6.07) is 16.9. The van der Waals surface area contributed by atoms with Gasteiger partial charge in [0.15, 0.2) is 5.76 Å². The Morgan fingerprint density at radius 2 is 1.47 bits per heavy atom. The Balaban J connectivity index is 1.52. The summed E-state index contributed by atoms with van der Waals surface area (Å²) in [7, 11) is 0. The van der Waals surface area contributed by atoms with E-state index in [4.69, 9.17) is 55.2 Å². The summed E-state index contributed by atoms with van der Waals surface area (Å²) in [6.07, 6.45) is 2.93. The molecule has 3 nitrogen and oxygen atoms in total. The van der Waals surface area contributed by atoms with Gasteiger partial charge in [-0.25, -0.2) is 0 Å². The van der Waals surface area contributed by atoms with E-state index in [1.807, 2.05) is 0 Å². The Bertz CT molecular complexity index is 1250. The number of allylic oxidation sites excluding steroid dienone is 1. The van der Waals surface area contributed by atoms with E-state index < -0.39 is 0 Å². The van der Waals surface area contributed by atoms with Crippen molar-refractivity contribution in [3.63, 3.8) is 0 Å². The number of carbonyl (C=O) groups is 1. The molecule has 0 aliphatic carbocycles. The standard InChI is InChI=1S/C23H12Cl4O3/c24-14-1-4-19(27)18(12-14)22-7-8-23(30-22)20(28)5-2-17-3-6-21(29-17)13-9-15(25)11-16(26)10-13/h1-12H/b5-2+. The van der Waals surface area contributed by atoms with Crippen molar-refractivity contribution in [2.24, 2.45) is 0 Å². The van der Waals surface area contributed by atoms with Crippen LogP contribution in [0.3, 0.4) is 0 Å². The SMILES string of the molecule is O=C(/C=C/c1ccc(-c2cc(Cl)cc(Cl)c2)o1)c1ccc(-c2cc(Cl)ccc2Cl)o1. The van der Waals surface area contributed by atoms with Gasteiger partial charge in [0.2, 0.25) is 5.78 Å². The molecule has 0 radical (unpaired) electrons. The summed E-state index contributed by atoms with van der Waals surface area (Å²) in [4.78, 5) is 12.5. The molecule has 150 valence electrons. The molecular formula is C23H12Cl4O3. The molecule has 0 aliphatic rings. The molecule has 0 bridgehead atoms. The Kier molecular flexibility index (Phi) is 6.07. The topological polar surface area (TPSA) is 43.4 Å². The maximum absolute atomic E-state index is 12.5. The molecule has 30 heavy (non-hydrogen) atoms. The van der Waals surface area contributed by atoms with Crippen LogP contribution in [0.4, 0.5) is 0 Å². The van der Waals surface area contributed by atoms with E-state index in [0.29, 0.717) is 42.9 Å². The highest BCUT2D eigenvalue weighted by Crippen LogP contribution is 2.32. The third kappa shape index (κ3) is 4.66. The highest BCUT2D eigenvalue weighted by molar-refractivity contribution is 6.35. The molecule has 0 amide bonds. The third-order valence-electron chi connectivity index (χ3n) is 4.22. The fraction of sp³-hybridized carbons (Fsp3) is 0. The molecule has 0 N–H and O–H groups in total.